The molecule has 0 spiro atoms. The van der Waals surface area contributed by atoms with E-state index in [0.29, 0.717) is 18.9 Å². The molecule has 1 saturated heterocycles. The van der Waals surface area contributed by atoms with E-state index >= 15 is 0 Å². The topological polar surface area (TPSA) is 23.6 Å². The third-order valence-electron chi connectivity index (χ3n) is 6.46. The molecular weight excluding hydrogens is 351 g/mol. The first kappa shape index (κ1) is 19.1. The van der Waals surface area contributed by atoms with Crippen LogP contribution in [0.1, 0.15) is 36.0 Å². The number of fused-ring (bicyclic) bond motifs is 1. The Bertz CT molecular complexity index is 795. The monoisotopic (exact) mass is 380 g/mol. The number of hydrogen-bond acceptors (Lipinski definition) is 2. The summed E-state index contributed by atoms with van der Waals surface area (Å²) in [5.74, 6) is -0.0468. The zero-order chi connectivity index (χ0) is 19.5. The van der Waals surface area contributed by atoms with Gasteiger partial charge in [-0.3, -0.25) is 9.69 Å². The number of rotatable bonds is 5. The molecular formula is C24H29FN2O. The van der Waals surface area contributed by atoms with Gasteiger partial charge in [0.2, 0.25) is 5.91 Å². The van der Waals surface area contributed by atoms with E-state index < -0.39 is 0 Å². The number of piperidine rings is 1. The minimum atomic E-state index is -0.233. The van der Waals surface area contributed by atoms with Crippen LogP contribution in [-0.2, 0) is 24.1 Å². The number of carbonyl (C=O) groups excluding carboxylic acids is 1. The van der Waals surface area contributed by atoms with Crippen molar-refractivity contribution in [3.05, 3.63) is 71.0 Å². The lowest BCUT2D eigenvalue weighted by Gasteiger charge is -2.40. The Kier molecular flexibility index (Phi) is 5.77. The summed E-state index contributed by atoms with van der Waals surface area (Å²) in [6, 6.07) is 16.1. The molecule has 0 aromatic heterocycles. The Morgan fingerprint density at radius 3 is 2.46 bits per heavy atom. The summed E-state index contributed by atoms with van der Waals surface area (Å²) in [5, 5.41) is 0. The second-order valence-corrected chi connectivity index (χ2v) is 8.25. The smallest absolute Gasteiger partial charge is 0.222 e. The normalized spacial score (nSPS) is 20.1. The molecule has 1 aliphatic heterocycles. The predicted octanol–water partition coefficient (Wildman–Crippen LogP) is 3.85. The Morgan fingerprint density at radius 2 is 1.79 bits per heavy atom. The summed E-state index contributed by atoms with van der Waals surface area (Å²) < 4.78 is 13.0. The zero-order valence-corrected chi connectivity index (χ0v) is 16.6. The molecule has 1 amide bonds. The fourth-order valence-electron chi connectivity index (χ4n) is 4.71. The molecule has 28 heavy (non-hydrogen) atoms. The number of likely N-dealkylation sites (tertiary alicyclic amines) is 1. The van der Waals surface area contributed by atoms with Gasteiger partial charge in [-0.05, 0) is 67.5 Å². The predicted molar refractivity (Wildman–Crippen MR) is 110 cm³/mol. The van der Waals surface area contributed by atoms with Crippen LogP contribution in [-0.4, -0.2) is 47.9 Å². The number of aryl methyl sites for hydroxylation is 1. The maximum atomic E-state index is 13.0. The SMILES string of the molecule is CN(C(=O)CCc1ccc(F)cc1)C1CCCN(C2Cc3ccccc3C2)C1. The van der Waals surface area contributed by atoms with E-state index in [1.165, 1.54) is 23.3 Å². The van der Waals surface area contributed by atoms with Crippen molar-refractivity contribution in [2.45, 2.75) is 50.6 Å². The lowest BCUT2D eigenvalue weighted by Crippen LogP contribution is -2.51. The molecule has 0 saturated carbocycles. The molecule has 148 valence electrons. The van der Waals surface area contributed by atoms with Crippen molar-refractivity contribution in [2.24, 2.45) is 0 Å². The van der Waals surface area contributed by atoms with E-state index in [1.807, 2.05) is 11.9 Å². The van der Waals surface area contributed by atoms with Gasteiger partial charge in [-0.2, -0.15) is 0 Å². The fraction of sp³-hybridized carbons (Fsp3) is 0.458. The van der Waals surface area contributed by atoms with Crippen LogP contribution in [0.5, 0.6) is 0 Å². The molecule has 0 radical (unpaired) electrons. The van der Waals surface area contributed by atoms with Crippen molar-refractivity contribution in [3.8, 4) is 0 Å². The molecule has 1 heterocycles. The van der Waals surface area contributed by atoms with E-state index in [4.69, 9.17) is 0 Å². The number of amides is 1. The highest BCUT2D eigenvalue weighted by Gasteiger charge is 2.32. The van der Waals surface area contributed by atoms with Crippen LogP contribution < -0.4 is 0 Å². The third kappa shape index (κ3) is 4.27. The summed E-state index contributed by atoms with van der Waals surface area (Å²) in [6.07, 6.45) is 5.63. The van der Waals surface area contributed by atoms with E-state index in [9.17, 15) is 9.18 Å². The fourth-order valence-corrected chi connectivity index (χ4v) is 4.71. The second kappa shape index (κ2) is 8.44. The summed E-state index contributed by atoms with van der Waals surface area (Å²) in [5.41, 5.74) is 3.98. The molecule has 2 aromatic rings. The number of nitrogens with zero attached hydrogens (tertiary/aromatic N) is 2. The van der Waals surface area contributed by atoms with Gasteiger partial charge in [0.15, 0.2) is 0 Å². The first-order chi connectivity index (χ1) is 13.6. The van der Waals surface area contributed by atoms with Crippen molar-refractivity contribution in [1.82, 2.24) is 9.80 Å². The highest BCUT2D eigenvalue weighted by atomic mass is 19.1. The lowest BCUT2D eigenvalue weighted by molar-refractivity contribution is -0.133. The zero-order valence-electron chi connectivity index (χ0n) is 16.6. The van der Waals surface area contributed by atoms with E-state index in [0.717, 1.165) is 44.3 Å². The third-order valence-corrected chi connectivity index (χ3v) is 6.46. The Morgan fingerprint density at radius 1 is 1.11 bits per heavy atom. The number of benzene rings is 2. The first-order valence-corrected chi connectivity index (χ1v) is 10.4. The standard InChI is InChI=1S/C24H29FN2O/c1-26(24(28)13-10-18-8-11-21(25)12-9-18)22-7-4-14-27(17-22)23-15-19-5-2-3-6-20(19)16-23/h2-3,5-6,8-9,11-12,22-23H,4,7,10,13-17H2,1H3. The van der Waals surface area contributed by atoms with Gasteiger partial charge in [-0.15, -0.1) is 0 Å². The van der Waals surface area contributed by atoms with Crippen molar-refractivity contribution >= 4 is 5.91 Å². The average Bonchev–Trinajstić information content (AvgIpc) is 3.17. The molecule has 1 fully saturated rings. The number of likely N-dealkylation sites (N-methyl/N-ethyl adjacent to an activating group) is 1. The summed E-state index contributed by atoms with van der Waals surface area (Å²) in [4.78, 5) is 17.3. The molecule has 2 aliphatic rings. The Hall–Kier alpha value is -2.20. The van der Waals surface area contributed by atoms with Crippen LogP contribution in [0.3, 0.4) is 0 Å². The van der Waals surface area contributed by atoms with Gasteiger partial charge in [-0.25, -0.2) is 4.39 Å². The number of halogens is 1. The maximum absolute atomic E-state index is 13.0. The molecule has 3 nitrogen and oxygen atoms in total. The van der Waals surface area contributed by atoms with Gasteiger partial charge in [0, 0.05) is 32.1 Å². The van der Waals surface area contributed by atoms with Crippen molar-refractivity contribution in [1.29, 1.82) is 0 Å². The maximum Gasteiger partial charge on any atom is 0.222 e. The minimum Gasteiger partial charge on any atom is -0.341 e. The Labute approximate surface area is 167 Å². The largest absolute Gasteiger partial charge is 0.341 e. The second-order valence-electron chi connectivity index (χ2n) is 8.25. The first-order valence-electron chi connectivity index (χ1n) is 10.4. The molecule has 0 bridgehead atoms. The van der Waals surface area contributed by atoms with Crippen LogP contribution >= 0.6 is 0 Å². The average molecular weight is 381 g/mol. The molecule has 0 N–H and O–H groups in total. The van der Waals surface area contributed by atoms with Gasteiger partial charge < -0.3 is 4.90 Å². The lowest BCUT2D eigenvalue weighted by atomic mass is 10.0. The van der Waals surface area contributed by atoms with E-state index in [-0.39, 0.29) is 17.8 Å². The van der Waals surface area contributed by atoms with Crippen LogP contribution in [0.4, 0.5) is 4.39 Å². The summed E-state index contributed by atoms with van der Waals surface area (Å²) in [6.45, 7) is 2.10. The van der Waals surface area contributed by atoms with Gasteiger partial charge in [0.05, 0.1) is 0 Å². The van der Waals surface area contributed by atoms with Crippen molar-refractivity contribution in [3.63, 3.8) is 0 Å². The molecule has 2 aromatic carbocycles. The van der Waals surface area contributed by atoms with Crippen LogP contribution in [0.2, 0.25) is 0 Å². The minimum absolute atomic E-state index is 0.186. The molecule has 1 atom stereocenters. The van der Waals surface area contributed by atoms with Crippen molar-refractivity contribution in [2.75, 3.05) is 20.1 Å². The van der Waals surface area contributed by atoms with Gasteiger partial charge in [0.1, 0.15) is 5.82 Å². The van der Waals surface area contributed by atoms with Gasteiger partial charge in [-0.1, -0.05) is 36.4 Å². The van der Waals surface area contributed by atoms with Gasteiger partial charge in [0.25, 0.3) is 0 Å². The molecule has 1 unspecified atom stereocenters. The molecule has 4 heteroatoms. The molecule has 4 rings (SSSR count). The van der Waals surface area contributed by atoms with Gasteiger partial charge >= 0.3 is 0 Å². The summed E-state index contributed by atoms with van der Waals surface area (Å²) >= 11 is 0. The Balaban J connectivity index is 1.31. The highest BCUT2D eigenvalue weighted by molar-refractivity contribution is 5.76. The number of carbonyl (C=O) groups is 1. The van der Waals surface area contributed by atoms with E-state index in [1.54, 1.807) is 12.1 Å². The summed E-state index contributed by atoms with van der Waals surface area (Å²) in [7, 11) is 1.95. The highest BCUT2D eigenvalue weighted by Crippen LogP contribution is 2.28. The quantitative estimate of drug-likeness (QED) is 0.787. The number of hydrogen-bond donors (Lipinski definition) is 0. The molecule has 1 aliphatic carbocycles. The van der Waals surface area contributed by atoms with E-state index in [2.05, 4.69) is 29.2 Å². The van der Waals surface area contributed by atoms with Crippen LogP contribution in [0.15, 0.2) is 48.5 Å². The van der Waals surface area contributed by atoms with Crippen LogP contribution in [0.25, 0.3) is 0 Å². The van der Waals surface area contributed by atoms with Crippen molar-refractivity contribution < 1.29 is 9.18 Å². The van der Waals surface area contributed by atoms with Crippen LogP contribution in [0, 0.1) is 5.82 Å².